The molecule has 10 nitrogen and oxygen atoms in total. The van der Waals surface area contributed by atoms with Crippen LogP contribution in [-0.2, 0) is 0 Å². The molecule has 3 heterocycles. The topological polar surface area (TPSA) is 139 Å². The molecule has 3 aromatic heterocycles. The number of aromatic amines is 1. The highest BCUT2D eigenvalue weighted by Gasteiger charge is 2.21. The first kappa shape index (κ1) is 13.2. The molecule has 3 aromatic rings. The van der Waals surface area contributed by atoms with Crippen LogP contribution in [0.1, 0.15) is 10.5 Å². The van der Waals surface area contributed by atoms with Gasteiger partial charge in [-0.3, -0.25) is 15.2 Å². The van der Waals surface area contributed by atoms with Crippen LogP contribution in [0.5, 0.6) is 0 Å². The quantitative estimate of drug-likeness (QED) is 0.537. The molecule has 0 aliphatic heterocycles. The number of H-pyrrole nitrogens is 1. The summed E-state index contributed by atoms with van der Waals surface area (Å²) in [7, 11) is 0. The van der Waals surface area contributed by atoms with Crippen molar-refractivity contribution in [3.63, 3.8) is 0 Å². The number of aromatic carboxylic acids is 1. The highest BCUT2D eigenvalue weighted by Crippen LogP contribution is 2.28. The zero-order chi connectivity index (χ0) is 15.1. The van der Waals surface area contributed by atoms with Crippen molar-refractivity contribution in [2.45, 2.75) is 0 Å². The van der Waals surface area contributed by atoms with E-state index in [1.807, 2.05) is 0 Å². The van der Waals surface area contributed by atoms with Crippen molar-refractivity contribution in [3.05, 3.63) is 38.9 Å². The molecule has 0 aromatic carbocycles. The number of nitro groups is 1. The molecular weight excluding hydrogens is 348 g/mol. The molecule has 0 aliphatic rings. The maximum absolute atomic E-state index is 11.0. The predicted octanol–water partition coefficient (Wildman–Crippen LogP) is 1.49. The van der Waals surface area contributed by atoms with Gasteiger partial charge in [-0.2, -0.15) is 10.2 Å². The lowest BCUT2D eigenvalue weighted by atomic mass is 10.2. The van der Waals surface area contributed by atoms with Gasteiger partial charge in [-0.15, -0.1) is 0 Å². The zero-order valence-corrected chi connectivity index (χ0v) is 11.6. The first-order chi connectivity index (χ1) is 9.99. The van der Waals surface area contributed by atoms with Gasteiger partial charge in [0.15, 0.2) is 11.3 Å². The molecule has 0 saturated heterocycles. The summed E-state index contributed by atoms with van der Waals surface area (Å²) in [6.45, 7) is 0. The van der Waals surface area contributed by atoms with Crippen LogP contribution >= 0.6 is 15.9 Å². The Morgan fingerprint density at radius 3 is 2.90 bits per heavy atom. The number of aromatic nitrogens is 5. The van der Waals surface area contributed by atoms with Gasteiger partial charge >= 0.3 is 11.7 Å². The lowest BCUT2D eigenvalue weighted by molar-refractivity contribution is -0.384. The largest absolute Gasteiger partial charge is 0.476 e. The van der Waals surface area contributed by atoms with Crippen LogP contribution in [0.2, 0.25) is 0 Å². The number of carboxylic acids is 1. The molecule has 0 unspecified atom stereocenters. The molecule has 0 radical (unpaired) electrons. The maximum atomic E-state index is 11.0. The van der Waals surface area contributed by atoms with Crippen LogP contribution in [0.25, 0.3) is 16.9 Å². The van der Waals surface area contributed by atoms with E-state index < -0.39 is 10.9 Å². The summed E-state index contributed by atoms with van der Waals surface area (Å²) < 4.78 is 1.47. The van der Waals surface area contributed by atoms with Crippen LogP contribution in [0.3, 0.4) is 0 Å². The average Bonchev–Trinajstić information content (AvgIpc) is 3.03. The van der Waals surface area contributed by atoms with Crippen molar-refractivity contribution in [2.75, 3.05) is 0 Å². The SMILES string of the molecule is O=C(O)c1nn2cc(-c3[nH]ncc3[N+](=O)[O-])cnc2c1Br. The third-order valence-corrected chi connectivity index (χ3v) is 3.45. The Bertz CT molecular complexity index is 885. The zero-order valence-electron chi connectivity index (χ0n) is 10.0. The highest BCUT2D eigenvalue weighted by molar-refractivity contribution is 9.10. The van der Waals surface area contributed by atoms with E-state index in [4.69, 9.17) is 5.11 Å². The average molecular weight is 353 g/mol. The van der Waals surface area contributed by atoms with Crippen molar-refractivity contribution in [1.29, 1.82) is 0 Å². The van der Waals surface area contributed by atoms with Gasteiger partial charge in [-0.05, 0) is 15.9 Å². The molecule has 3 rings (SSSR count). The molecule has 0 bridgehead atoms. The van der Waals surface area contributed by atoms with Gasteiger partial charge in [0.25, 0.3) is 0 Å². The van der Waals surface area contributed by atoms with E-state index in [0.29, 0.717) is 11.2 Å². The second-order valence-corrected chi connectivity index (χ2v) is 4.76. The first-order valence-corrected chi connectivity index (χ1v) is 6.23. The minimum absolute atomic E-state index is 0.165. The second kappa shape index (κ2) is 4.63. The van der Waals surface area contributed by atoms with Gasteiger partial charge in [-0.1, -0.05) is 0 Å². The number of carboxylic acid groups (broad SMARTS) is 1. The summed E-state index contributed by atoms with van der Waals surface area (Å²) in [4.78, 5) is 25.4. The van der Waals surface area contributed by atoms with E-state index in [0.717, 1.165) is 6.20 Å². The van der Waals surface area contributed by atoms with Crippen LogP contribution in [0.4, 0.5) is 5.69 Å². The van der Waals surface area contributed by atoms with Crippen molar-refractivity contribution < 1.29 is 14.8 Å². The molecule has 21 heavy (non-hydrogen) atoms. The highest BCUT2D eigenvalue weighted by atomic mass is 79.9. The predicted molar refractivity (Wildman–Crippen MR) is 71.9 cm³/mol. The van der Waals surface area contributed by atoms with E-state index in [2.05, 4.69) is 36.2 Å². The Labute approximate surface area is 123 Å². The number of nitrogens with one attached hydrogen (secondary N) is 1. The van der Waals surface area contributed by atoms with Gasteiger partial charge in [0.1, 0.15) is 11.9 Å². The number of nitrogens with zero attached hydrogens (tertiary/aromatic N) is 5. The van der Waals surface area contributed by atoms with Crippen molar-refractivity contribution in [3.8, 4) is 11.3 Å². The van der Waals surface area contributed by atoms with Crippen LogP contribution < -0.4 is 0 Å². The Morgan fingerprint density at radius 2 is 2.24 bits per heavy atom. The molecule has 0 atom stereocenters. The van der Waals surface area contributed by atoms with Crippen molar-refractivity contribution in [2.24, 2.45) is 0 Å². The Morgan fingerprint density at radius 1 is 1.48 bits per heavy atom. The minimum Gasteiger partial charge on any atom is -0.476 e. The van der Waals surface area contributed by atoms with Gasteiger partial charge < -0.3 is 5.11 Å². The third kappa shape index (κ3) is 2.03. The Hall–Kier alpha value is -2.82. The number of carbonyl (C=O) groups is 1. The van der Waals surface area contributed by atoms with Gasteiger partial charge in [-0.25, -0.2) is 14.3 Å². The summed E-state index contributed by atoms with van der Waals surface area (Å²) in [6, 6.07) is 0. The Balaban J connectivity index is 2.20. The van der Waals surface area contributed by atoms with E-state index in [1.165, 1.54) is 16.9 Å². The van der Waals surface area contributed by atoms with Crippen molar-refractivity contribution in [1.82, 2.24) is 24.8 Å². The lowest BCUT2D eigenvalue weighted by Crippen LogP contribution is -1.98. The molecule has 0 saturated carbocycles. The van der Waals surface area contributed by atoms with Gasteiger partial charge in [0, 0.05) is 18.0 Å². The standard InChI is InChI=1S/C10H5BrN6O4/c11-6-8(10(18)19)15-16-3-4(1-12-9(6)16)7-5(17(20)21)2-13-14-7/h1-3H,(H,13,14)(H,18,19). The molecule has 0 spiro atoms. The van der Waals surface area contributed by atoms with Gasteiger partial charge in [0.2, 0.25) is 0 Å². The number of hydrogen-bond acceptors (Lipinski definition) is 6. The molecule has 0 fully saturated rings. The summed E-state index contributed by atoms with van der Waals surface area (Å²) in [5, 5.41) is 29.9. The van der Waals surface area contributed by atoms with Crippen molar-refractivity contribution >= 4 is 33.2 Å². The lowest BCUT2D eigenvalue weighted by Gasteiger charge is -1.98. The molecular formula is C10H5BrN6O4. The van der Waals surface area contributed by atoms with Crippen LogP contribution in [0, 0.1) is 10.1 Å². The minimum atomic E-state index is -1.21. The van der Waals surface area contributed by atoms with Gasteiger partial charge in [0.05, 0.1) is 9.40 Å². The monoisotopic (exact) mass is 352 g/mol. The third-order valence-electron chi connectivity index (χ3n) is 2.72. The summed E-state index contributed by atoms with van der Waals surface area (Å²) in [5.41, 5.74) is 0.412. The molecule has 2 N–H and O–H groups in total. The van der Waals surface area contributed by atoms with Crippen LogP contribution in [0.15, 0.2) is 23.1 Å². The summed E-state index contributed by atoms with van der Waals surface area (Å²) in [5.74, 6) is -1.21. The Kier molecular flexibility index (Phi) is 2.90. The first-order valence-electron chi connectivity index (χ1n) is 5.44. The fourth-order valence-electron chi connectivity index (χ4n) is 1.80. The van der Waals surface area contributed by atoms with E-state index in [9.17, 15) is 14.9 Å². The number of rotatable bonds is 3. The molecule has 106 valence electrons. The smallest absolute Gasteiger partial charge is 0.357 e. The number of halogens is 1. The maximum Gasteiger partial charge on any atom is 0.357 e. The number of fused-ring (bicyclic) bond motifs is 1. The molecule has 11 heteroatoms. The second-order valence-electron chi connectivity index (χ2n) is 3.97. The molecule has 0 aliphatic carbocycles. The van der Waals surface area contributed by atoms with E-state index in [-0.39, 0.29) is 21.5 Å². The normalized spacial score (nSPS) is 10.9. The number of hydrogen-bond donors (Lipinski definition) is 2. The fourth-order valence-corrected chi connectivity index (χ4v) is 2.34. The summed E-state index contributed by atoms with van der Waals surface area (Å²) in [6.07, 6.45) is 3.88. The molecule has 0 amide bonds. The summed E-state index contributed by atoms with van der Waals surface area (Å²) >= 11 is 3.11. The van der Waals surface area contributed by atoms with Crippen LogP contribution in [-0.4, -0.2) is 40.8 Å². The van der Waals surface area contributed by atoms with E-state index in [1.54, 1.807) is 0 Å². The van der Waals surface area contributed by atoms with E-state index >= 15 is 0 Å². The fraction of sp³-hybridized carbons (Fsp3) is 0.